The highest BCUT2D eigenvalue weighted by molar-refractivity contribution is 7.89. The summed E-state index contributed by atoms with van der Waals surface area (Å²) in [5.74, 6) is -0.841. The van der Waals surface area contributed by atoms with Gasteiger partial charge in [0.25, 0.3) is 0 Å². The Labute approximate surface area is 239 Å². The molecule has 5 rings (SSSR count). The fourth-order valence-corrected chi connectivity index (χ4v) is 6.73. The number of benzene rings is 4. The van der Waals surface area contributed by atoms with Crippen LogP contribution in [0.1, 0.15) is 23.1 Å². The average molecular weight is 567 g/mol. The van der Waals surface area contributed by atoms with Crippen molar-refractivity contribution in [2.24, 2.45) is 0 Å². The van der Waals surface area contributed by atoms with Gasteiger partial charge in [0.05, 0.1) is 23.1 Å². The fourth-order valence-electron chi connectivity index (χ4n) is 5.12. The van der Waals surface area contributed by atoms with E-state index in [4.69, 9.17) is 0 Å². The van der Waals surface area contributed by atoms with E-state index in [-0.39, 0.29) is 23.8 Å². The molecule has 1 atom stereocenters. The number of nitrogens with zero attached hydrogens (tertiary/aromatic N) is 3. The van der Waals surface area contributed by atoms with E-state index >= 15 is 0 Å². The molecule has 4 aromatic carbocycles. The Morgan fingerprint density at radius 1 is 0.927 bits per heavy atom. The first-order valence-corrected chi connectivity index (χ1v) is 14.9. The summed E-state index contributed by atoms with van der Waals surface area (Å²) in [6.45, 7) is 0.447. The normalized spacial score (nSPS) is 15.3. The summed E-state index contributed by atoms with van der Waals surface area (Å²) >= 11 is 0. The van der Waals surface area contributed by atoms with Crippen molar-refractivity contribution in [2.75, 3.05) is 19.6 Å². The summed E-state index contributed by atoms with van der Waals surface area (Å²) in [6.07, 6.45) is 0.850. The minimum absolute atomic E-state index is 0.0289. The summed E-state index contributed by atoms with van der Waals surface area (Å²) < 4.78 is 29.1. The van der Waals surface area contributed by atoms with E-state index in [0.29, 0.717) is 25.1 Å². The Bertz CT molecular complexity index is 1720. The summed E-state index contributed by atoms with van der Waals surface area (Å²) in [4.78, 5) is 28.3. The van der Waals surface area contributed by atoms with Crippen LogP contribution in [0.3, 0.4) is 0 Å². The third-order valence-electron chi connectivity index (χ3n) is 7.25. The molecule has 1 aliphatic rings. The standard InChI is InChI=1S/C32H30N4O4S/c33-21-25-9-6-10-26(19-25)22-35-18-16-30(32(35)38)36(23-31(37)34-17-15-24-7-2-1-3-8-24)41(39,40)29-14-13-27-11-4-5-12-28(27)20-29/h1-14,19-20,30H,15-18,22-23H2,(H,34,37)/t30-/m0/s1. The molecule has 0 aliphatic carbocycles. The van der Waals surface area contributed by atoms with Crippen molar-refractivity contribution in [1.82, 2.24) is 14.5 Å². The molecule has 1 saturated heterocycles. The van der Waals surface area contributed by atoms with Gasteiger partial charge >= 0.3 is 0 Å². The van der Waals surface area contributed by atoms with Crippen LogP contribution in [0, 0.1) is 11.3 Å². The Balaban J connectivity index is 1.38. The summed E-state index contributed by atoms with van der Waals surface area (Å²) in [5, 5.41) is 13.7. The number of carbonyl (C=O) groups is 2. The predicted molar refractivity (Wildman–Crippen MR) is 156 cm³/mol. The lowest BCUT2D eigenvalue weighted by molar-refractivity contribution is -0.131. The third-order valence-corrected chi connectivity index (χ3v) is 9.10. The maximum absolute atomic E-state index is 14.0. The third kappa shape index (κ3) is 6.46. The van der Waals surface area contributed by atoms with E-state index in [1.54, 1.807) is 35.2 Å². The van der Waals surface area contributed by atoms with Gasteiger partial charge in [0.2, 0.25) is 21.8 Å². The van der Waals surface area contributed by atoms with Gasteiger partial charge in [0, 0.05) is 19.6 Å². The van der Waals surface area contributed by atoms with Crippen LogP contribution in [0.5, 0.6) is 0 Å². The van der Waals surface area contributed by atoms with Crippen molar-refractivity contribution < 1.29 is 18.0 Å². The smallest absolute Gasteiger partial charge is 0.244 e. The molecule has 0 radical (unpaired) electrons. The molecule has 0 unspecified atom stereocenters. The molecule has 1 N–H and O–H groups in total. The van der Waals surface area contributed by atoms with Gasteiger partial charge in [0.15, 0.2) is 0 Å². The Kier molecular flexibility index (Phi) is 8.43. The number of hydrogen-bond donors (Lipinski definition) is 1. The minimum atomic E-state index is -4.21. The first kappa shape index (κ1) is 28.0. The van der Waals surface area contributed by atoms with Crippen molar-refractivity contribution in [2.45, 2.75) is 30.3 Å². The molecule has 1 fully saturated rings. The summed E-state index contributed by atoms with van der Waals surface area (Å²) in [5.41, 5.74) is 2.31. The summed E-state index contributed by atoms with van der Waals surface area (Å²) in [6, 6.07) is 30.0. The van der Waals surface area contributed by atoms with Crippen molar-refractivity contribution in [1.29, 1.82) is 5.26 Å². The molecule has 0 bridgehead atoms. The van der Waals surface area contributed by atoms with Gasteiger partial charge in [-0.2, -0.15) is 9.57 Å². The molecule has 9 heteroatoms. The van der Waals surface area contributed by atoms with Gasteiger partial charge in [-0.3, -0.25) is 9.59 Å². The van der Waals surface area contributed by atoms with Crippen LogP contribution in [0.15, 0.2) is 102 Å². The van der Waals surface area contributed by atoms with E-state index in [0.717, 1.165) is 26.2 Å². The topological polar surface area (TPSA) is 111 Å². The van der Waals surface area contributed by atoms with Crippen LogP contribution >= 0.6 is 0 Å². The molecule has 1 heterocycles. The molecule has 4 aromatic rings. The number of nitrogens with one attached hydrogen (secondary N) is 1. The maximum Gasteiger partial charge on any atom is 0.244 e. The molecule has 41 heavy (non-hydrogen) atoms. The molecule has 0 spiro atoms. The van der Waals surface area contributed by atoms with Crippen LogP contribution in [0.4, 0.5) is 0 Å². The van der Waals surface area contributed by atoms with E-state index in [1.165, 1.54) is 6.07 Å². The SMILES string of the molecule is N#Cc1cccc(CN2CC[C@H](N(CC(=O)NCCc3ccccc3)S(=O)(=O)c3ccc4ccccc4c3)C2=O)c1. The Morgan fingerprint density at radius 2 is 1.66 bits per heavy atom. The van der Waals surface area contributed by atoms with Crippen LogP contribution in [-0.4, -0.2) is 55.1 Å². The lowest BCUT2D eigenvalue weighted by Crippen LogP contribution is -2.49. The van der Waals surface area contributed by atoms with Gasteiger partial charge in [-0.15, -0.1) is 0 Å². The quantitative estimate of drug-likeness (QED) is 0.313. The number of sulfonamides is 1. The van der Waals surface area contributed by atoms with Crippen LogP contribution < -0.4 is 5.32 Å². The van der Waals surface area contributed by atoms with Crippen molar-refractivity contribution in [3.05, 3.63) is 114 Å². The monoisotopic (exact) mass is 566 g/mol. The first-order valence-electron chi connectivity index (χ1n) is 13.4. The number of nitriles is 1. The average Bonchev–Trinajstić information content (AvgIpc) is 3.35. The lowest BCUT2D eigenvalue weighted by Gasteiger charge is -2.27. The second-order valence-corrected chi connectivity index (χ2v) is 11.9. The Hall–Kier alpha value is -4.52. The van der Waals surface area contributed by atoms with Gasteiger partial charge < -0.3 is 10.2 Å². The molecule has 8 nitrogen and oxygen atoms in total. The number of rotatable bonds is 10. The van der Waals surface area contributed by atoms with Gasteiger partial charge in [-0.25, -0.2) is 8.42 Å². The van der Waals surface area contributed by atoms with Gasteiger partial charge in [-0.1, -0.05) is 72.8 Å². The van der Waals surface area contributed by atoms with Crippen LogP contribution in [-0.2, 0) is 32.6 Å². The van der Waals surface area contributed by atoms with Crippen molar-refractivity contribution >= 4 is 32.6 Å². The zero-order valence-electron chi connectivity index (χ0n) is 22.4. The van der Waals surface area contributed by atoms with E-state index < -0.39 is 28.5 Å². The van der Waals surface area contributed by atoms with Gasteiger partial charge in [0.1, 0.15) is 6.04 Å². The minimum Gasteiger partial charge on any atom is -0.355 e. The number of likely N-dealkylation sites (tertiary alicyclic amines) is 1. The highest BCUT2D eigenvalue weighted by atomic mass is 32.2. The Morgan fingerprint density at radius 3 is 2.44 bits per heavy atom. The highest BCUT2D eigenvalue weighted by Crippen LogP contribution is 2.28. The fraction of sp³-hybridized carbons (Fsp3) is 0.219. The molecule has 0 saturated carbocycles. The van der Waals surface area contributed by atoms with Crippen LogP contribution in [0.2, 0.25) is 0 Å². The van der Waals surface area contributed by atoms with E-state index in [1.807, 2.05) is 60.7 Å². The molecule has 208 valence electrons. The number of fused-ring (bicyclic) bond motifs is 1. The van der Waals surface area contributed by atoms with Gasteiger partial charge in [-0.05, 0) is 59.0 Å². The molecular formula is C32H30N4O4S. The maximum atomic E-state index is 14.0. The van der Waals surface area contributed by atoms with Crippen molar-refractivity contribution in [3.63, 3.8) is 0 Å². The molecule has 0 aromatic heterocycles. The van der Waals surface area contributed by atoms with E-state index in [2.05, 4.69) is 11.4 Å². The zero-order valence-corrected chi connectivity index (χ0v) is 23.3. The highest BCUT2D eigenvalue weighted by Gasteiger charge is 2.42. The largest absolute Gasteiger partial charge is 0.355 e. The molecule has 1 aliphatic heterocycles. The lowest BCUT2D eigenvalue weighted by atomic mass is 10.1. The second-order valence-electron chi connectivity index (χ2n) is 10.0. The molecule has 2 amide bonds. The predicted octanol–water partition coefficient (Wildman–Crippen LogP) is 3.86. The van der Waals surface area contributed by atoms with Crippen LogP contribution in [0.25, 0.3) is 10.8 Å². The number of hydrogen-bond acceptors (Lipinski definition) is 5. The second kappa shape index (κ2) is 12.3. The zero-order chi connectivity index (χ0) is 28.8. The van der Waals surface area contributed by atoms with Crippen molar-refractivity contribution in [3.8, 4) is 6.07 Å². The first-order chi connectivity index (χ1) is 19.8. The molecular weight excluding hydrogens is 536 g/mol. The van der Waals surface area contributed by atoms with E-state index in [9.17, 15) is 23.3 Å². The number of amides is 2. The number of carbonyl (C=O) groups excluding carboxylic acids is 2. The summed E-state index contributed by atoms with van der Waals surface area (Å²) in [7, 11) is -4.21.